The molecule has 1 amide bonds. The van der Waals surface area contributed by atoms with E-state index >= 15 is 0 Å². The van der Waals surface area contributed by atoms with Crippen LogP contribution in [0.1, 0.15) is 45.2 Å². The van der Waals surface area contributed by atoms with Gasteiger partial charge in [-0.05, 0) is 49.4 Å². The van der Waals surface area contributed by atoms with Crippen LogP contribution in [0, 0.1) is 5.41 Å². The summed E-state index contributed by atoms with van der Waals surface area (Å²) in [6, 6.07) is 7.68. The SMILES string of the molecule is COc1ccc([C@H](C)NC(=O)C2NCCCC2(C)C)cc1. The van der Waals surface area contributed by atoms with Gasteiger partial charge in [0.25, 0.3) is 0 Å². The van der Waals surface area contributed by atoms with Gasteiger partial charge in [0.2, 0.25) is 5.91 Å². The first-order chi connectivity index (χ1) is 9.94. The van der Waals surface area contributed by atoms with Crippen LogP contribution >= 0.6 is 0 Å². The van der Waals surface area contributed by atoms with Crippen LogP contribution in [-0.4, -0.2) is 25.6 Å². The van der Waals surface area contributed by atoms with E-state index in [0.29, 0.717) is 0 Å². The van der Waals surface area contributed by atoms with Crippen molar-refractivity contribution in [2.45, 2.75) is 45.7 Å². The Labute approximate surface area is 127 Å². The predicted molar refractivity (Wildman–Crippen MR) is 84.4 cm³/mol. The van der Waals surface area contributed by atoms with Gasteiger partial charge in [0.05, 0.1) is 19.2 Å². The summed E-state index contributed by atoms with van der Waals surface area (Å²) in [5, 5.41) is 6.47. The summed E-state index contributed by atoms with van der Waals surface area (Å²) in [5.74, 6) is 0.912. The molecule has 1 aromatic carbocycles. The number of hydrogen-bond acceptors (Lipinski definition) is 3. The highest BCUT2D eigenvalue weighted by Crippen LogP contribution is 2.30. The maximum absolute atomic E-state index is 12.5. The Morgan fingerprint density at radius 3 is 2.62 bits per heavy atom. The number of carbonyl (C=O) groups excluding carboxylic acids is 1. The van der Waals surface area contributed by atoms with Crippen molar-refractivity contribution in [2.24, 2.45) is 5.41 Å². The van der Waals surface area contributed by atoms with Crippen molar-refractivity contribution >= 4 is 5.91 Å². The average molecular weight is 290 g/mol. The Morgan fingerprint density at radius 1 is 1.38 bits per heavy atom. The van der Waals surface area contributed by atoms with Gasteiger partial charge >= 0.3 is 0 Å². The second-order valence-electron chi connectivity index (χ2n) is 6.48. The number of ether oxygens (including phenoxy) is 1. The zero-order valence-corrected chi connectivity index (χ0v) is 13.4. The number of amides is 1. The van der Waals surface area contributed by atoms with Gasteiger partial charge in [-0.3, -0.25) is 4.79 Å². The lowest BCUT2D eigenvalue weighted by atomic mass is 9.77. The van der Waals surface area contributed by atoms with E-state index < -0.39 is 0 Å². The summed E-state index contributed by atoms with van der Waals surface area (Å²) in [6.07, 6.45) is 2.21. The molecule has 21 heavy (non-hydrogen) atoms. The third-order valence-electron chi connectivity index (χ3n) is 4.36. The number of carbonyl (C=O) groups is 1. The van der Waals surface area contributed by atoms with Gasteiger partial charge in [-0.1, -0.05) is 26.0 Å². The minimum absolute atomic E-state index is 0.00195. The summed E-state index contributed by atoms with van der Waals surface area (Å²) in [5.41, 5.74) is 1.08. The Hall–Kier alpha value is -1.55. The number of piperidine rings is 1. The topological polar surface area (TPSA) is 50.4 Å². The Kier molecular flexibility index (Phi) is 4.88. The van der Waals surface area contributed by atoms with E-state index in [1.807, 2.05) is 31.2 Å². The number of methoxy groups -OCH3 is 1. The van der Waals surface area contributed by atoms with Crippen LogP contribution in [0.3, 0.4) is 0 Å². The minimum atomic E-state index is -0.119. The molecule has 116 valence electrons. The molecule has 0 spiro atoms. The Balaban J connectivity index is 2.00. The molecular weight excluding hydrogens is 264 g/mol. The van der Waals surface area contributed by atoms with Crippen LogP contribution < -0.4 is 15.4 Å². The van der Waals surface area contributed by atoms with Gasteiger partial charge in [-0.2, -0.15) is 0 Å². The number of rotatable bonds is 4. The molecule has 1 aliphatic rings. The van der Waals surface area contributed by atoms with Crippen LogP contribution in [0.4, 0.5) is 0 Å². The molecule has 0 radical (unpaired) electrons. The van der Waals surface area contributed by atoms with E-state index in [1.54, 1.807) is 7.11 Å². The maximum atomic E-state index is 12.5. The van der Waals surface area contributed by atoms with Crippen LogP contribution in [-0.2, 0) is 4.79 Å². The van der Waals surface area contributed by atoms with E-state index in [1.165, 1.54) is 0 Å². The fourth-order valence-electron chi connectivity index (χ4n) is 2.93. The largest absolute Gasteiger partial charge is 0.497 e. The molecule has 1 fully saturated rings. The first-order valence-corrected chi connectivity index (χ1v) is 7.62. The highest BCUT2D eigenvalue weighted by atomic mass is 16.5. The number of benzene rings is 1. The first-order valence-electron chi connectivity index (χ1n) is 7.62. The smallest absolute Gasteiger partial charge is 0.238 e. The highest BCUT2D eigenvalue weighted by molar-refractivity contribution is 5.83. The summed E-state index contributed by atoms with van der Waals surface area (Å²) in [6.45, 7) is 7.23. The summed E-state index contributed by atoms with van der Waals surface area (Å²) < 4.78 is 5.16. The molecule has 1 aromatic rings. The van der Waals surface area contributed by atoms with Crippen LogP contribution in [0.5, 0.6) is 5.75 Å². The standard InChI is InChI=1S/C17H26N2O2/c1-12(13-6-8-14(21-4)9-7-13)19-16(20)15-17(2,3)10-5-11-18-15/h6-9,12,15,18H,5,10-11H2,1-4H3,(H,19,20)/t12-,15?/m0/s1. The van der Waals surface area contributed by atoms with Gasteiger partial charge in [0.15, 0.2) is 0 Å². The molecule has 2 N–H and O–H groups in total. The zero-order valence-electron chi connectivity index (χ0n) is 13.4. The molecule has 4 heteroatoms. The zero-order chi connectivity index (χ0) is 15.5. The summed E-state index contributed by atoms with van der Waals surface area (Å²) in [4.78, 5) is 12.5. The second kappa shape index (κ2) is 6.48. The quantitative estimate of drug-likeness (QED) is 0.896. The van der Waals surface area contributed by atoms with E-state index in [4.69, 9.17) is 4.74 Å². The van der Waals surface area contributed by atoms with E-state index in [2.05, 4.69) is 24.5 Å². The lowest BCUT2D eigenvalue weighted by Gasteiger charge is -2.38. The van der Waals surface area contributed by atoms with Gasteiger partial charge < -0.3 is 15.4 Å². The van der Waals surface area contributed by atoms with Crippen molar-refractivity contribution in [2.75, 3.05) is 13.7 Å². The van der Waals surface area contributed by atoms with Gasteiger partial charge in [-0.25, -0.2) is 0 Å². The summed E-state index contributed by atoms with van der Waals surface area (Å²) in [7, 11) is 1.65. The monoisotopic (exact) mass is 290 g/mol. The fourth-order valence-corrected chi connectivity index (χ4v) is 2.93. The molecule has 0 aliphatic carbocycles. The van der Waals surface area contributed by atoms with E-state index in [0.717, 1.165) is 30.7 Å². The van der Waals surface area contributed by atoms with E-state index in [-0.39, 0.29) is 23.4 Å². The predicted octanol–water partition coefficient (Wildman–Crippen LogP) is 2.65. The first kappa shape index (κ1) is 15.8. The molecule has 2 rings (SSSR count). The van der Waals surface area contributed by atoms with Gasteiger partial charge in [0.1, 0.15) is 5.75 Å². The number of nitrogens with one attached hydrogen (secondary N) is 2. The average Bonchev–Trinajstić information content (AvgIpc) is 2.46. The van der Waals surface area contributed by atoms with Crippen LogP contribution in [0.25, 0.3) is 0 Å². The third kappa shape index (κ3) is 3.76. The molecule has 1 saturated heterocycles. The molecule has 1 heterocycles. The maximum Gasteiger partial charge on any atom is 0.238 e. The van der Waals surface area contributed by atoms with Crippen molar-refractivity contribution < 1.29 is 9.53 Å². The summed E-state index contributed by atoms with van der Waals surface area (Å²) >= 11 is 0. The highest BCUT2D eigenvalue weighted by Gasteiger charge is 2.37. The molecule has 0 aromatic heterocycles. The lowest BCUT2D eigenvalue weighted by molar-refractivity contribution is -0.127. The van der Waals surface area contributed by atoms with Crippen molar-refractivity contribution in [1.29, 1.82) is 0 Å². The molecule has 2 atom stereocenters. The van der Waals surface area contributed by atoms with Crippen molar-refractivity contribution in [1.82, 2.24) is 10.6 Å². The normalized spacial score (nSPS) is 22.4. The lowest BCUT2D eigenvalue weighted by Crippen LogP contribution is -2.55. The van der Waals surface area contributed by atoms with Crippen molar-refractivity contribution in [3.05, 3.63) is 29.8 Å². The molecule has 1 unspecified atom stereocenters. The number of hydrogen-bond donors (Lipinski definition) is 2. The minimum Gasteiger partial charge on any atom is -0.497 e. The molecule has 1 aliphatic heterocycles. The molecular formula is C17H26N2O2. The Morgan fingerprint density at radius 2 is 2.05 bits per heavy atom. The second-order valence-corrected chi connectivity index (χ2v) is 6.48. The fraction of sp³-hybridized carbons (Fsp3) is 0.588. The van der Waals surface area contributed by atoms with Crippen molar-refractivity contribution in [3.8, 4) is 5.75 Å². The third-order valence-corrected chi connectivity index (χ3v) is 4.36. The van der Waals surface area contributed by atoms with Crippen molar-refractivity contribution in [3.63, 3.8) is 0 Å². The molecule has 0 saturated carbocycles. The van der Waals surface area contributed by atoms with E-state index in [9.17, 15) is 4.79 Å². The van der Waals surface area contributed by atoms with Crippen LogP contribution in [0.2, 0.25) is 0 Å². The van der Waals surface area contributed by atoms with Gasteiger partial charge in [0, 0.05) is 0 Å². The Bertz CT molecular complexity index is 482. The van der Waals surface area contributed by atoms with Gasteiger partial charge in [-0.15, -0.1) is 0 Å². The molecule has 4 nitrogen and oxygen atoms in total. The van der Waals surface area contributed by atoms with Crippen LogP contribution in [0.15, 0.2) is 24.3 Å². The molecule has 0 bridgehead atoms.